The molecule has 0 aliphatic heterocycles. The number of benzene rings is 3. The van der Waals surface area contributed by atoms with E-state index >= 15 is 0 Å². The van der Waals surface area contributed by atoms with Gasteiger partial charge in [0.25, 0.3) is 5.91 Å². The SMILES string of the molecule is CCn1c(CN(C)C(=O)c2cccc(S(=O)(=O)NCc3ccccc3)c2)nc2ccccc21. The van der Waals surface area contributed by atoms with Crippen molar-refractivity contribution >= 4 is 27.0 Å². The summed E-state index contributed by atoms with van der Waals surface area (Å²) in [6, 6.07) is 23.2. The van der Waals surface area contributed by atoms with Crippen molar-refractivity contribution in [3.63, 3.8) is 0 Å². The van der Waals surface area contributed by atoms with E-state index in [0.717, 1.165) is 29.0 Å². The predicted molar refractivity (Wildman–Crippen MR) is 128 cm³/mol. The molecule has 4 aromatic rings. The molecule has 0 fully saturated rings. The first-order chi connectivity index (χ1) is 15.9. The molecule has 1 N–H and O–H groups in total. The van der Waals surface area contributed by atoms with Crippen molar-refractivity contribution in [3.05, 3.63) is 95.8 Å². The molecule has 3 aromatic carbocycles. The Balaban J connectivity index is 1.51. The highest BCUT2D eigenvalue weighted by molar-refractivity contribution is 7.89. The maximum Gasteiger partial charge on any atom is 0.254 e. The Morgan fingerprint density at radius 2 is 1.73 bits per heavy atom. The number of amides is 1. The molecule has 0 bridgehead atoms. The molecule has 1 heterocycles. The lowest BCUT2D eigenvalue weighted by Crippen LogP contribution is -2.28. The molecule has 0 unspecified atom stereocenters. The van der Waals surface area contributed by atoms with Gasteiger partial charge in [-0.1, -0.05) is 48.5 Å². The molecule has 170 valence electrons. The van der Waals surface area contributed by atoms with Crippen molar-refractivity contribution in [2.75, 3.05) is 7.05 Å². The maximum atomic E-state index is 13.1. The van der Waals surface area contributed by atoms with Gasteiger partial charge >= 0.3 is 0 Å². The normalized spacial score (nSPS) is 11.6. The van der Waals surface area contributed by atoms with Crippen LogP contribution in [0.3, 0.4) is 0 Å². The fraction of sp³-hybridized carbons (Fsp3) is 0.200. The third-order valence-electron chi connectivity index (χ3n) is 5.48. The summed E-state index contributed by atoms with van der Waals surface area (Å²) < 4.78 is 30.2. The molecule has 1 aromatic heterocycles. The summed E-state index contributed by atoms with van der Waals surface area (Å²) >= 11 is 0. The minimum absolute atomic E-state index is 0.0541. The molecule has 1 amide bonds. The lowest BCUT2D eigenvalue weighted by molar-refractivity contribution is 0.0780. The van der Waals surface area contributed by atoms with Gasteiger partial charge in [-0.2, -0.15) is 0 Å². The molecule has 8 heteroatoms. The number of para-hydroxylation sites is 2. The number of nitrogens with one attached hydrogen (secondary N) is 1. The van der Waals surface area contributed by atoms with Crippen molar-refractivity contribution in [2.24, 2.45) is 0 Å². The molecule has 4 rings (SSSR count). The van der Waals surface area contributed by atoms with Crippen LogP contribution in [-0.4, -0.2) is 35.8 Å². The maximum absolute atomic E-state index is 13.1. The Kier molecular flexibility index (Phi) is 6.57. The summed E-state index contributed by atoms with van der Waals surface area (Å²) in [4.78, 5) is 19.4. The summed E-state index contributed by atoms with van der Waals surface area (Å²) in [5.74, 6) is 0.507. The fourth-order valence-corrected chi connectivity index (χ4v) is 4.82. The van der Waals surface area contributed by atoms with Gasteiger partial charge < -0.3 is 9.47 Å². The van der Waals surface area contributed by atoms with Crippen LogP contribution in [0.4, 0.5) is 0 Å². The molecule has 0 atom stereocenters. The molecule has 0 spiro atoms. The van der Waals surface area contributed by atoms with Crippen LogP contribution in [0.5, 0.6) is 0 Å². The van der Waals surface area contributed by atoms with Crippen molar-refractivity contribution in [1.29, 1.82) is 0 Å². The standard InChI is InChI=1S/C25H26N4O3S/c1-3-29-23-15-8-7-14-22(23)27-24(29)18-28(2)25(30)20-12-9-13-21(16-20)33(31,32)26-17-19-10-5-4-6-11-19/h4-16,26H,3,17-18H2,1-2H3. The predicted octanol–water partition coefficient (Wildman–Crippen LogP) is 3.81. The topological polar surface area (TPSA) is 84.3 Å². The fourth-order valence-electron chi connectivity index (χ4n) is 3.76. The quantitative estimate of drug-likeness (QED) is 0.432. The minimum atomic E-state index is -3.76. The average molecular weight is 463 g/mol. The van der Waals surface area contributed by atoms with Crippen LogP contribution in [0, 0.1) is 0 Å². The lowest BCUT2D eigenvalue weighted by Gasteiger charge is -2.18. The van der Waals surface area contributed by atoms with E-state index < -0.39 is 10.0 Å². The lowest BCUT2D eigenvalue weighted by atomic mass is 10.2. The first-order valence-corrected chi connectivity index (χ1v) is 12.2. The number of imidazole rings is 1. The van der Waals surface area contributed by atoms with Crippen molar-refractivity contribution in [1.82, 2.24) is 19.2 Å². The zero-order valence-corrected chi connectivity index (χ0v) is 19.4. The zero-order chi connectivity index (χ0) is 23.4. The van der Waals surface area contributed by atoms with E-state index in [1.54, 1.807) is 24.1 Å². The molecule has 0 aliphatic carbocycles. The summed E-state index contributed by atoms with van der Waals surface area (Å²) in [5, 5.41) is 0. The number of carbonyl (C=O) groups is 1. The number of rotatable bonds is 8. The van der Waals surface area contributed by atoms with E-state index in [-0.39, 0.29) is 17.3 Å². The second-order valence-electron chi connectivity index (χ2n) is 7.76. The number of aromatic nitrogens is 2. The number of carbonyl (C=O) groups excluding carboxylic acids is 1. The third-order valence-corrected chi connectivity index (χ3v) is 6.87. The monoisotopic (exact) mass is 462 g/mol. The molecular formula is C25H26N4O3S. The molecule has 0 radical (unpaired) electrons. The van der Waals surface area contributed by atoms with Crippen LogP contribution < -0.4 is 4.72 Å². The van der Waals surface area contributed by atoms with Gasteiger partial charge in [0, 0.05) is 25.7 Å². The van der Waals surface area contributed by atoms with Gasteiger partial charge in [-0.05, 0) is 42.8 Å². The average Bonchev–Trinajstić information content (AvgIpc) is 3.20. The van der Waals surface area contributed by atoms with Gasteiger partial charge in [0.1, 0.15) is 5.82 Å². The number of aryl methyl sites for hydroxylation is 1. The van der Waals surface area contributed by atoms with Gasteiger partial charge in [0.2, 0.25) is 10.0 Å². The Bertz CT molecular complexity index is 1380. The van der Waals surface area contributed by atoms with Crippen LogP contribution in [0.1, 0.15) is 28.7 Å². The Morgan fingerprint density at radius 3 is 2.48 bits per heavy atom. The van der Waals surface area contributed by atoms with Crippen LogP contribution in [0.25, 0.3) is 11.0 Å². The molecule has 0 saturated heterocycles. The van der Waals surface area contributed by atoms with E-state index in [9.17, 15) is 13.2 Å². The largest absolute Gasteiger partial charge is 0.334 e. The molecule has 7 nitrogen and oxygen atoms in total. The first-order valence-electron chi connectivity index (χ1n) is 10.7. The minimum Gasteiger partial charge on any atom is -0.334 e. The van der Waals surface area contributed by atoms with E-state index in [0.29, 0.717) is 12.1 Å². The van der Waals surface area contributed by atoms with Crippen molar-refractivity contribution in [2.45, 2.75) is 31.5 Å². The van der Waals surface area contributed by atoms with Crippen LogP contribution >= 0.6 is 0 Å². The summed E-state index contributed by atoms with van der Waals surface area (Å²) in [5.41, 5.74) is 3.06. The summed E-state index contributed by atoms with van der Waals surface area (Å²) in [6.07, 6.45) is 0. The van der Waals surface area contributed by atoms with Crippen molar-refractivity contribution in [3.8, 4) is 0 Å². The van der Waals surface area contributed by atoms with E-state index in [1.165, 1.54) is 12.1 Å². The van der Waals surface area contributed by atoms with Crippen LogP contribution in [0.2, 0.25) is 0 Å². The number of sulfonamides is 1. The van der Waals surface area contributed by atoms with Gasteiger partial charge in [-0.15, -0.1) is 0 Å². The smallest absolute Gasteiger partial charge is 0.254 e. The molecular weight excluding hydrogens is 436 g/mol. The second kappa shape index (κ2) is 9.56. The zero-order valence-electron chi connectivity index (χ0n) is 18.6. The molecule has 0 aliphatic rings. The second-order valence-corrected chi connectivity index (χ2v) is 9.53. The van der Waals surface area contributed by atoms with Crippen LogP contribution in [0.15, 0.2) is 83.8 Å². The summed E-state index contributed by atoms with van der Waals surface area (Å²) in [6.45, 7) is 3.26. The first kappa shape index (κ1) is 22.7. The van der Waals surface area contributed by atoms with Gasteiger partial charge in [-0.3, -0.25) is 4.79 Å². The van der Waals surface area contributed by atoms with Crippen LogP contribution in [-0.2, 0) is 29.7 Å². The summed E-state index contributed by atoms with van der Waals surface area (Å²) in [7, 11) is -2.07. The van der Waals surface area contributed by atoms with Gasteiger partial charge in [-0.25, -0.2) is 18.1 Å². The van der Waals surface area contributed by atoms with Gasteiger partial charge in [0.15, 0.2) is 0 Å². The number of hydrogen-bond acceptors (Lipinski definition) is 4. The highest BCUT2D eigenvalue weighted by atomic mass is 32.2. The van der Waals surface area contributed by atoms with E-state index in [2.05, 4.69) is 14.3 Å². The number of nitrogens with zero attached hydrogens (tertiary/aromatic N) is 3. The van der Waals surface area contributed by atoms with E-state index in [1.807, 2.05) is 61.5 Å². The Morgan fingerprint density at radius 1 is 1.00 bits per heavy atom. The third kappa shape index (κ3) is 4.97. The number of fused-ring (bicyclic) bond motifs is 1. The number of hydrogen-bond donors (Lipinski definition) is 1. The highest BCUT2D eigenvalue weighted by Gasteiger charge is 2.20. The highest BCUT2D eigenvalue weighted by Crippen LogP contribution is 2.19. The Hall–Kier alpha value is -3.49. The molecule has 0 saturated carbocycles. The Labute approximate surface area is 193 Å². The van der Waals surface area contributed by atoms with E-state index in [4.69, 9.17) is 0 Å². The molecule has 33 heavy (non-hydrogen) atoms. The van der Waals surface area contributed by atoms with Gasteiger partial charge in [0.05, 0.1) is 22.5 Å². The van der Waals surface area contributed by atoms with Crippen molar-refractivity contribution < 1.29 is 13.2 Å².